The van der Waals surface area contributed by atoms with Crippen molar-refractivity contribution in [3.05, 3.63) is 28.3 Å². The summed E-state index contributed by atoms with van der Waals surface area (Å²) in [6.07, 6.45) is 0.502. The van der Waals surface area contributed by atoms with Crippen LogP contribution in [-0.4, -0.2) is 33.1 Å². The molecule has 0 bridgehead atoms. The molecule has 0 fully saturated rings. The van der Waals surface area contributed by atoms with E-state index in [1.165, 1.54) is 6.07 Å². The van der Waals surface area contributed by atoms with Crippen LogP contribution in [0.3, 0.4) is 0 Å². The van der Waals surface area contributed by atoms with Gasteiger partial charge in [-0.1, -0.05) is 0 Å². The number of nitrogens with one attached hydrogen (secondary N) is 1. The lowest BCUT2D eigenvalue weighted by atomic mass is 10.3. The molecule has 0 amide bonds. The summed E-state index contributed by atoms with van der Waals surface area (Å²) in [6.45, 7) is 3.01. The zero-order chi connectivity index (χ0) is 15.2. The van der Waals surface area contributed by atoms with Gasteiger partial charge in [0.05, 0.1) is 10.6 Å². The summed E-state index contributed by atoms with van der Waals surface area (Å²) < 4.78 is 31.4. The van der Waals surface area contributed by atoms with E-state index in [2.05, 4.69) is 4.72 Å². The number of rotatable bonds is 8. The summed E-state index contributed by atoms with van der Waals surface area (Å²) in [7, 11) is -3.87. The average molecular weight is 303 g/mol. The Balaban J connectivity index is 2.81. The Morgan fingerprint density at radius 1 is 1.45 bits per heavy atom. The van der Waals surface area contributed by atoms with Crippen LogP contribution >= 0.6 is 0 Å². The molecule has 0 heterocycles. The Labute approximate surface area is 117 Å². The first-order valence-corrected chi connectivity index (χ1v) is 7.48. The van der Waals surface area contributed by atoms with Gasteiger partial charge in [-0.3, -0.25) is 10.1 Å². The first kappa shape index (κ1) is 16.3. The van der Waals surface area contributed by atoms with Crippen LogP contribution in [0.4, 0.5) is 11.4 Å². The van der Waals surface area contributed by atoms with Gasteiger partial charge in [-0.05, 0) is 19.4 Å². The second kappa shape index (κ2) is 7.17. The summed E-state index contributed by atoms with van der Waals surface area (Å²) in [5.74, 6) is 0. The van der Waals surface area contributed by atoms with Crippen molar-refractivity contribution in [2.45, 2.75) is 18.2 Å². The Bertz CT molecular complexity index is 573. The number of nitrogens with two attached hydrogens (primary N) is 1. The Morgan fingerprint density at radius 3 is 2.75 bits per heavy atom. The minimum Gasteiger partial charge on any atom is -0.398 e. The zero-order valence-corrected chi connectivity index (χ0v) is 11.9. The highest BCUT2D eigenvalue weighted by Crippen LogP contribution is 2.23. The fourth-order valence-corrected chi connectivity index (χ4v) is 2.70. The SMILES string of the molecule is CCOCCCNS(=O)(=O)c1cc([N+](=O)[O-])ccc1N. The topological polar surface area (TPSA) is 125 Å². The molecule has 112 valence electrons. The Kier molecular flexibility index (Phi) is 5.86. The lowest BCUT2D eigenvalue weighted by Gasteiger charge is -2.09. The van der Waals surface area contributed by atoms with Crippen molar-refractivity contribution in [1.82, 2.24) is 4.72 Å². The number of sulfonamides is 1. The molecule has 3 N–H and O–H groups in total. The van der Waals surface area contributed by atoms with Crippen LogP contribution in [0.1, 0.15) is 13.3 Å². The molecule has 0 spiro atoms. The monoisotopic (exact) mass is 303 g/mol. The zero-order valence-electron chi connectivity index (χ0n) is 11.0. The summed E-state index contributed by atoms with van der Waals surface area (Å²) in [5, 5.41) is 10.7. The predicted molar refractivity (Wildman–Crippen MR) is 73.8 cm³/mol. The lowest BCUT2D eigenvalue weighted by molar-refractivity contribution is -0.385. The number of nitro benzene ring substituents is 1. The van der Waals surface area contributed by atoms with Gasteiger partial charge in [0.15, 0.2) is 0 Å². The fourth-order valence-electron chi connectivity index (χ4n) is 1.47. The predicted octanol–water partition coefficient (Wildman–Crippen LogP) is 0.882. The fraction of sp³-hybridized carbons (Fsp3) is 0.455. The van der Waals surface area contributed by atoms with Gasteiger partial charge < -0.3 is 10.5 Å². The molecule has 0 aliphatic rings. The minimum atomic E-state index is -3.87. The van der Waals surface area contributed by atoms with Crippen molar-refractivity contribution in [1.29, 1.82) is 0 Å². The number of nitrogen functional groups attached to an aromatic ring is 1. The largest absolute Gasteiger partial charge is 0.398 e. The number of non-ortho nitro benzene ring substituents is 1. The van der Waals surface area contributed by atoms with Crippen LogP contribution in [0.2, 0.25) is 0 Å². The highest BCUT2D eigenvalue weighted by Gasteiger charge is 2.20. The van der Waals surface area contributed by atoms with Gasteiger partial charge in [0, 0.05) is 31.9 Å². The van der Waals surface area contributed by atoms with Gasteiger partial charge in [-0.15, -0.1) is 0 Å². The number of ether oxygens (including phenoxy) is 1. The van der Waals surface area contributed by atoms with Crippen LogP contribution in [0.25, 0.3) is 0 Å². The maximum absolute atomic E-state index is 12.0. The van der Waals surface area contributed by atoms with E-state index in [4.69, 9.17) is 10.5 Å². The normalized spacial score (nSPS) is 11.4. The van der Waals surface area contributed by atoms with E-state index in [1.54, 1.807) is 0 Å². The Hall–Kier alpha value is -1.71. The van der Waals surface area contributed by atoms with Gasteiger partial charge >= 0.3 is 0 Å². The maximum Gasteiger partial charge on any atom is 0.270 e. The molecule has 0 aliphatic carbocycles. The summed E-state index contributed by atoms with van der Waals surface area (Å²) in [6, 6.07) is 3.30. The molecule has 20 heavy (non-hydrogen) atoms. The average Bonchev–Trinajstić information content (AvgIpc) is 2.38. The molecule has 8 nitrogen and oxygen atoms in total. The molecule has 0 atom stereocenters. The highest BCUT2D eigenvalue weighted by molar-refractivity contribution is 7.89. The molecule has 0 saturated heterocycles. The third-order valence-corrected chi connectivity index (χ3v) is 3.98. The third-order valence-electron chi connectivity index (χ3n) is 2.46. The summed E-state index contributed by atoms with van der Waals surface area (Å²) in [5.41, 5.74) is 5.20. The smallest absolute Gasteiger partial charge is 0.270 e. The van der Waals surface area contributed by atoms with Crippen molar-refractivity contribution in [3.8, 4) is 0 Å². The minimum absolute atomic E-state index is 0.0343. The van der Waals surface area contributed by atoms with Crippen molar-refractivity contribution >= 4 is 21.4 Å². The van der Waals surface area contributed by atoms with Crippen LogP contribution in [0.15, 0.2) is 23.1 Å². The number of nitro groups is 1. The second-order valence-electron chi connectivity index (χ2n) is 3.93. The van der Waals surface area contributed by atoms with Crippen LogP contribution in [-0.2, 0) is 14.8 Å². The van der Waals surface area contributed by atoms with Gasteiger partial charge in [0.2, 0.25) is 10.0 Å². The standard InChI is InChI=1S/C11H17N3O5S/c1-2-19-7-3-6-13-20(17,18)11-8-9(14(15)16)4-5-10(11)12/h4-5,8,13H,2-3,6-7,12H2,1H3. The molecular weight excluding hydrogens is 286 g/mol. The number of nitrogens with zero attached hydrogens (tertiary/aromatic N) is 1. The van der Waals surface area contributed by atoms with Crippen LogP contribution in [0, 0.1) is 10.1 Å². The van der Waals surface area contributed by atoms with Crippen LogP contribution in [0.5, 0.6) is 0 Å². The lowest BCUT2D eigenvalue weighted by Crippen LogP contribution is -2.26. The van der Waals surface area contributed by atoms with E-state index >= 15 is 0 Å². The first-order valence-electron chi connectivity index (χ1n) is 6.00. The highest BCUT2D eigenvalue weighted by atomic mass is 32.2. The molecule has 9 heteroatoms. The maximum atomic E-state index is 12.0. The van der Waals surface area contributed by atoms with Gasteiger partial charge in [-0.25, -0.2) is 13.1 Å². The summed E-state index contributed by atoms with van der Waals surface area (Å²) >= 11 is 0. The molecular formula is C11H17N3O5S. The number of benzene rings is 1. The van der Waals surface area contributed by atoms with Gasteiger partial charge in [-0.2, -0.15) is 0 Å². The van der Waals surface area contributed by atoms with E-state index in [1.807, 2.05) is 6.92 Å². The van der Waals surface area contributed by atoms with Crippen molar-refractivity contribution in [2.24, 2.45) is 0 Å². The quantitative estimate of drug-likeness (QED) is 0.318. The van der Waals surface area contributed by atoms with E-state index < -0.39 is 14.9 Å². The van der Waals surface area contributed by atoms with Crippen molar-refractivity contribution in [3.63, 3.8) is 0 Å². The van der Waals surface area contributed by atoms with E-state index in [0.717, 1.165) is 12.1 Å². The van der Waals surface area contributed by atoms with Crippen molar-refractivity contribution in [2.75, 3.05) is 25.5 Å². The molecule has 0 saturated carbocycles. The van der Waals surface area contributed by atoms with E-state index in [9.17, 15) is 18.5 Å². The van der Waals surface area contributed by atoms with E-state index in [-0.39, 0.29) is 22.8 Å². The van der Waals surface area contributed by atoms with Crippen LogP contribution < -0.4 is 10.5 Å². The number of hydrogen-bond donors (Lipinski definition) is 2. The molecule has 0 aromatic heterocycles. The number of anilines is 1. The summed E-state index contributed by atoms with van der Waals surface area (Å²) in [4.78, 5) is 9.69. The molecule has 0 unspecified atom stereocenters. The molecule has 0 aliphatic heterocycles. The third kappa shape index (κ3) is 4.44. The molecule has 1 rings (SSSR count). The number of hydrogen-bond acceptors (Lipinski definition) is 6. The second-order valence-corrected chi connectivity index (χ2v) is 5.66. The molecule has 1 aromatic rings. The van der Waals surface area contributed by atoms with Crippen molar-refractivity contribution < 1.29 is 18.1 Å². The van der Waals surface area contributed by atoms with Gasteiger partial charge in [0.1, 0.15) is 4.90 Å². The first-order chi connectivity index (χ1) is 9.38. The molecule has 0 radical (unpaired) electrons. The molecule has 1 aromatic carbocycles. The van der Waals surface area contributed by atoms with Gasteiger partial charge in [0.25, 0.3) is 5.69 Å². The van der Waals surface area contributed by atoms with E-state index in [0.29, 0.717) is 19.6 Å². The Morgan fingerprint density at radius 2 is 2.15 bits per heavy atom.